The van der Waals surface area contributed by atoms with Crippen LogP contribution < -0.4 is 0 Å². The van der Waals surface area contributed by atoms with Gasteiger partial charge in [0.1, 0.15) is 11.7 Å². The summed E-state index contributed by atoms with van der Waals surface area (Å²) in [5, 5.41) is 4.18. The van der Waals surface area contributed by atoms with Crippen molar-refractivity contribution in [3.05, 3.63) is 29.7 Å². The van der Waals surface area contributed by atoms with Crippen LogP contribution in [0.5, 0.6) is 0 Å². The minimum Gasteiger partial charge on any atom is -0.458 e. The first-order chi connectivity index (χ1) is 11.0. The molecule has 0 N–H and O–H groups in total. The van der Waals surface area contributed by atoms with Crippen molar-refractivity contribution in [1.82, 2.24) is 14.6 Å². The molecule has 2 fully saturated rings. The Hall–Kier alpha value is -1.95. The van der Waals surface area contributed by atoms with Crippen molar-refractivity contribution < 1.29 is 14.3 Å². The molecule has 1 aliphatic heterocycles. The summed E-state index contributed by atoms with van der Waals surface area (Å²) in [6.45, 7) is 6.91. The topological polar surface area (TPSA) is 65.7 Å². The lowest BCUT2D eigenvalue weighted by Gasteiger charge is -2.58. The second-order valence-corrected chi connectivity index (χ2v) is 7.14. The van der Waals surface area contributed by atoms with E-state index in [2.05, 4.69) is 23.9 Å². The van der Waals surface area contributed by atoms with Gasteiger partial charge in [-0.2, -0.15) is 5.10 Å². The molecule has 0 radical (unpaired) electrons. The average Bonchev–Trinajstić information content (AvgIpc) is 2.95. The molecule has 0 aromatic carbocycles. The van der Waals surface area contributed by atoms with Crippen LogP contribution in [-0.4, -0.2) is 39.4 Å². The molecule has 3 atom stereocenters. The second-order valence-electron chi connectivity index (χ2n) is 7.14. The zero-order valence-electron chi connectivity index (χ0n) is 13.7. The Bertz CT molecular complexity index is 768. The molecule has 6 heteroatoms. The first-order valence-corrected chi connectivity index (χ1v) is 8.12. The predicted molar refractivity (Wildman–Crippen MR) is 83.2 cm³/mol. The maximum absolute atomic E-state index is 12.6. The fraction of sp³-hybridized carbons (Fsp3) is 0.588. The van der Waals surface area contributed by atoms with Gasteiger partial charge < -0.3 is 9.47 Å². The fourth-order valence-electron chi connectivity index (χ4n) is 4.00. The molecule has 3 heterocycles. The molecule has 2 aliphatic rings. The van der Waals surface area contributed by atoms with Crippen molar-refractivity contribution >= 4 is 11.6 Å². The number of esters is 1. The van der Waals surface area contributed by atoms with Gasteiger partial charge in [0.2, 0.25) is 0 Å². The van der Waals surface area contributed by atoms with Crippen molar-refractivity contribution in [3.63, 3.8) is 0 Å². The van der Waals surface area contributed by atoms with Gasteiger partial charge in [-0.1, -0.05) is 13.8 Å². The number of nitrogens with zero attached hydrogens (tertiary/aromatic N) is 3. The van der Waals surface area contributed by atoms with Crippen LogP contribution in [0.25, 0.3) is 5.65 Å². The van der Waals surface area contributed by atoms with E-state index in [1.165, 1.54) is 6.20 Å². The zero-order chi connectivity index (χ0) is 16.2. The highest BCUT2D eigenvalue weighted by molar-refractivity contribution is 5.95. The highest BCUT2D eigenvalue weighted by atomic mass is 16.6. The summed E-state index contributed by atoms with van der Waals surface area (Å²) in [7, 11) is 0. The lowest BCUT2D eigenvalue weighted by atomic mass is 9.57. The number of aryl methyl sites for hydroxylation is 1. The number of ether oxygens (including phenoxy) is 2. The minimum absolute atomic E-state index is 0.111. The Morgan fingerprint density at radius 1 is 1.48 bits per heavy atom. The minimum atomic E-state index is -0.347. The molecule has 0 unspecified atom stereocenters. The molecular formula is C17H21N3O3. The van der Waals surface area contributed by atoms with Gasteiger partial charge in [-0.15, -0.1) is 0 Å². The molecule has 0 amide bonds. The van der Waals surface area contributed by atoms with Crippen LogP contribution in [0.4, 0.5) is 0 Å². The van der Waals surface area contributed by atoms with Gasteiger partial charge in [-0.3, -0.25) is 0 Å². The normalized spacial score (nSPS) is 28.9. The second kappa shape index (κ2) is 5.03. The molecule has 2 aromatic rings. The quantitative estimate of drug-likeness (QED) is 0.796. The molecular weight excluding hydrogens is 294 g/mol. The van der Waals surface area contributed by atoms with Gasteiger partial charge in [0.25, 0.3) is 0 Å². The van der Waals surface area contributed by atoms with Crippen molar-refractivity contribution in [1.29, 1.82) is 0 Å². The van der Waals surface area contributed by atoms with Crippen molar-refractivity contribution in [2.45, 2.75) is 45.8 Å². The lowest BCUT2D eigenvalue weighted by molar-refractivity contribution is -0.243. The summed E-state index contributed by atoms with van der Waals surface area (Å²) < 4.78 is 13.3. The zero-order valence-corrected chi connectivity index (χ0v) is 13.7. The van der Waals surface area contributed by atoms with E-state index >= 15 is 0 Å². The van der Waals surface area contributed by atoms with Gasteiger partial charge >= 0.3 is 5.97 Å². The van der Waals surface area contributed by atoms with E-state index in [1.54, 1.807) is 10.7 Å². The van der Waals surface area contributed by atoms with Gasteiger partial charge in [-0.25, -0.2) is 14.3 Å². The number of hydrogen-bond donors (Lipinski definition) is 0. The van der Waals surface area contributed by atoms with Gasteiger partial charge in [0.05, 0.1) is 12.3 Å². The van der Waals surface area contributed by atoms with E-state index in [9.17, 15) is 4.79 Å². The lowest BCUT2D eigenvalue weighted by Crippen LogP contribution is -2.65. The van der Waals surface area contributed by atoms with Gasteiger partial charge in [0.15, 0.2) is 5.65 Å². The Balaban J connectivity index is 1.58. The molecule has 6 nitrogen and oxygen atoms in total. The molecule has 0 spiro atoms. The predicted octanol–water partition coefficient (Wildman–Crippen LogP) is 2.40. The first-order valence-electron chi connectivity index (χ1n) is 8.12. The average molecular weight is 315 g/mol. The Labute approximate surface area is 134 Å². The Kier molecular flexibility index (Phi) is 3.20. The van der Waals surface area contributed by atoms with E-state index in [1.807, 2.05) is 13.0 Å². The number of carbonyl (C=O) groups excluding carboxylic acids is 1. The summed E-state index contributed by atoms with van der Waals surface area (Å²) in [6, 6.07) is 1.86. The fourth-order valence-corrected chi connectivity index (χ4v) is 4.00. The Morgan fingerprint density at radius 2 is 2.30 bits per heavy atom. The maximum atomic E-state index is 12.6. The SMILES string of the molecule is Cc1ccn2ncc(C(=O)O[C@@H]3[C@@H]4CCCO[C@@H]4C3(C)C)c2n1. The number of fused-ring (bicyclic) bond motifs is 2. The molecule has 23 heavy (non-hydrogen) atoms. The van der Waals surface area contributed by atoms with E-state index in [-0.39, 0.29) is 23.6 Å². The maximum Gasteiger partial charge on any atom is 0.343 e. The van der Waals surface area contributed by atoms with E-state index in [0.29, 0.717) is 17.1 Å². The van der Waals surface area contributed by atoms with Gasteiger partial charge in [0, 0.05) is 29.8 Å². The largest absolute Gasteiger partial charge is 0.458 e. The number of hydrogen-bond acceptors (Lipinski definition) is 5. The van der Waals surface area contributed by atoms with Crippen LogP contribution in [0.3, 0.4) is 0 Å². The van der Waals surface area contributed by atoms with Crippen molar-refractivity contribution in [2.75, 3.05) is 6.61 Å². The van der Waals surface area contributed by atoms with Crippen LogP contribution in [0.15, 0.2) is 18.5 Å². The summed E-state index contributed by atoms with van der Waals surface area (Å²) in [5.74, 6) is -0.0422. The molecule has 1 aliphatic carbocycles. The van der Waals surface area contributed by atoms with E-state index in [4.69, 9.17) is 9.47 Å². The third kappa shape index (κ3) is 2.16. The van der Waals surface area contributed by atoms with Crippen molar-refractivity contribution in [3.8, 4) is 0 Å². The van der Waals surface area contributed by atoms with Crippen LogP contribution in [0, 0.1) is 18.3 Å². The smallest absolute Gasteiger partial charge is 0.343 e. The molecule has 122 valence electrons. The molecule has 1 saturated carbocycles. The third-order valence-electron chi connectivity index (χ3n) is 5.19. The summed E-state index contributed by atoms with van der Waals surface area (Å²) in [6.07, 6.45) is 5.50. The molecule has 0 bridgehead atoms. The van der Waals surface area contributed by atoms with Crippen LogP contribution in [-0.2, 0) is 9.47 Å². The number of rotatable bonds is 2. The highest BCUT2D eigenvalue weighted by Gasteiger charge is 2.60. The van der Waals surface area contributed by atoms with Gasteiger partial charge in [-0.05, 0) is 25.8 Å². The van der Waals surface area contributed by atoms with Crippen molar-refractivity contribution in [2.24, 2.45) is 11.3 Å². The summed E-state index contributed by atoms with van der Waals surface area (Å²) in [5.41, 5.74) is 1.66. The van der Waals surface area contributed by atoms with Crippen LogP contribution >= 0.6 is 0 Å². The first kappa shape index (κ1) is 14.6. The molecule has 2 aromatic heterocycles. The number of aromatic nitrogens is 3. The third-order valence-corrected chi connectivity index (χ3v) is 5.19. The molecule has 1 saturated heterocycles. The van der Waals surface area contributed by atoms with Crippen LogP contribution in [0.1, 0.15) is 42.7 Å². The van der Waals surface area contributed by atoms with E-state index in [0.717, 1.165) is 25.1 Å². The highest BCUT2D eigenvalue weighted by Crippen LogP contribution is 2.53. The van der Waals surface area contributed by atoms with E-state index < -0.39 is 0 Å². The monoisotopic (exact) mass is 315 g/mol. The standard InChI is InChI=1S/C17H21N3O3/c1-10-6-7-20-15(19-10)12(9-18-20)16(21)23-14-11-5-4-8-22-13(11)17(14,2)3/h6-7,9,11,13-14H,4-5,8H2,1-3H3/t11-,13+,14-/m1/s1. The molecule has 4 rings (SSSR count). The number of carbonyl (C=O) groups is 1. The summed E-state index contributed by atoms with van der Waals surface area (Å²) in [4.78, 5) is 17.0. The summed E-state index contributed by atoms with van der Waals surface area (Å²) >= 11 is 0. The van der Waals surface area contributed by atoms with Crippen LogP contribution in [0.2, 0.25) is 0 Å². The Morgan fingerprint density at radius 3 is 3.13 bits per heavy atom.